The molecule has 33 heavy (non-hydrogen) atoms. The van der Waals surface area contributed by atoms with Crippen molar-refractivity contribution in [2.24, 2.45) is 0 Å². The quantitative estimate of drug-likeness (QED) is 0.601. The fraction of sp³-hybridized carbons (Fsp3) is 0.381. The topological polar surface area (TPSA) is 106 Å². The van der Waals surface area contributed by atoms with E-state index in [2.05, 4.69) is 10.3 Å². The fourth-order valence-electron chi connectivity index (χ4n) is 3.53. The number of nitrogens with one attached hydrogen (secondary N) is 1. The first-order valence-corrected chi connectivity index (χ1v) is 11.9. The summed E-state index contributed by atoms with van der Waals surface area (Å²) < 4.78 is 67.4. The Morgan fingerprint density at radius 3 is 2.64 bits per heavy atom. The number of carbonyl (C=O) groups is 2. The number of hydrogen-bond acceptors (Lipinski definition) is 7. The van der Waals surface area contributed by atoms with Gasteiger partial charge in [-0.1, -0.05) is 6.07 Å². The van der Waals surface area contributed by atoms with Gasteiger partial charge in [0, 0.05) is 24.5 Å². The molecule has 1 aliphatic rings. The van der Waals surface area contributed by atoms with E-state index in [1.165, 1.54) is 35.4 Å². The van der Waals surface area contributed by atoms with Gasteiger partial charge in [-0.3, -0.25) is 4.79 Å². The standard InChI is InChI=1S/C21H22F3N3O5S/c1-2-27(16-8-10-33(30,31)13-16)18(28)12-32-20(29)17-7-4-9-25-19(17)26-15-6-3-5-14(11-15)21(22,23)24/h3-7,9,11,16H,2,8,10,12-13H2,1H3,(H,25,26)/t16-/m1/s1. The molecular formula is C21H22F3N3O5S. The van der Waals surface area contributed by atoms with Crippen LogP contribution >= 0.6 is 0 Å². The van der Waals surface area contributed by atoms with Crippen LogP contribution in [0, 0.1) is 0 Å². The molecule has 1 aromatic carbocycles. The molecule has 178 valence electrons. The zero-order chi connectivity index (χ0) is 24.2. The fourth-order valence-corrected chi connectivity index (χ4v) is 5.26. The Morgan fingerprint density at radius 2 is 2.00 bits per heavy atom. The molecule has 1 saturated heterocycles. The van der Waals surface area contributed by atoms with Crippen LogP contribution in [0.2, 0.25) is 0 Å². The summed E-state index contributed by atoms with van der Waals surface area (Å²) in [5.74, 6) is -1.61. The average molecular weight is 485 g/mol. The number of anilines is 2. The molecule has 0 unspecified atom stereocenters. The first-order valence-electron chi connectivity index (χ1n) is 10.1. The molecule has 0 spiro atoms. The van der Waals surface area contributed by atoms with Gasteiger partial charge in [-0.2, -0.15) is 13.2 Å². The molecule has 0 aliphatic carbocycles. The molecule has 3 rings (SSSR count). The third-order valence-electron chi connectivity index (χ3n) is 5.12. The van der Waals surface area contributed by atoms with Crippen LogP contribution in [0.1, 0.15) is 29.3 Å². The van der Waals surface area contributed by atoms with E-state index in [0.717, 1.165) is 12.1 Å². The molecule has 2 aromatic rings. The lowest BCUT2D eigenvalue weighted by Crippen LogP contribution is -2.43. The predicted molar refractivity (Wildman–Crippen MR) is 114 cm³/mol. The molecule has 12 heteroatoms. The number of sulfone groups is 1. The van der Waals surface area contributed by atoms with Gasteiger partial charge >= 0.3 is 12.1 Å². The number of likely N-dealkylation sites (N-methyl/N-ethyl adjacent to an activating group) is 1. The minimum absolute atomic E-state index is 0.00148. The van der Waals surface area contributed by atoms with Crippen molar-refractivity contribution >= 4 is 33.2 Å². The van der Waals surface area contributed by atoms with Gasteiger partial charge in [0.05, 0.1) is 17.1 Å². The molecular weight excluding hydrogens is 463 g/mol. The largest absolute Gasteiger partial charge is 0.452 e. The third-order valence-corrected chi connectivity index (χ3v) is 6.87. The molecule has 1 N–H and O–H groups in total. The van der Waals surface area contributed by atoms with Gasteiger partial charge in [0.2, 0.25) is 0 Å². The maximum atomic E-state index is 13.0. The SMILES string of the molecule is CCN(C(=O)COC(=O)c1cccnc1Nc1cccc(C(F)(F)F)c1)[C@@H]1CCS(=O)(=O)C1. The zero-order valence-corrected chi connectivity index (χ0v) is 18.4. The molecule has 1 amide bonds. The number of carbonyl (C=O) groups excluding carboxylic acids is 2. The second-order valence-electron chi connectivity index (χ2n) is 7.42. The minimum atomic E-state index is -4.53. The number of benzene rings is 1. The molecule has 0 saturated carbocycles. The number of alkyl halides is 3. The van der Waals surface area contributed by atoms with Crippen LogP contribution in [0.3, 0.4) is 0 Å². The second-order valence-corrected chi connectivity index (χ2v) is 9.64. The van der Waals surface area contributed by atoms with Gasteiger partial charge in [-0.15, -0.1) is 0 Å². The van der Waals surface area contributed by atoms with Crippen molar-refractivity contribution in [3.05, 3.63) is 53.7 Å². The maximum absolute atomic E-state index is 13.0. The lowest BCUT2D eigenvalue weighted by molar-refractivity contribution is -0.137. The van der Waals surface area contributed by atoms with Crippen LogP contribution in [0.25, 0.3) is 0 Å². The van der Waals surface area contributed by atoms with Crippen LogP contribution in [0.5, 0.6) is 0 Å². The highest BCUT2D eigenvalue weighted by molar-refractivity contribution is 7.91. The predicted octanol–water partition coefficient (Wildman–Crippen LogP) is 3.04. The van der Waals surface area contributed by atoms with E-state index < -0.39 is 46.1 Å². The van der Waals surface area contributed by atoms with E-state index >= 15 is 0 Å². The molecule has 1 atom stereocenters. The third kappa shape index (κ3) is 6.21. The highest BCUT2D eigenvalue weighted by Crippen LogP contribution is 2.31. The normalized spacial score (nSPS) is 17.4. The van der Waals surface area contributed by atoms with Crippen molar-refractivity contribution in [1.82, 2.24) is 9.88 Å². The zero-order valence-electron chi connectivity index (χ0n) is 17.6. The second kappa shape index (κ2) is 9.77. The highest BCUT2D eigenvalue weighted by Gasteiger charge is 2.34. The van der Waals surface area contributed by atoms with Gasteiger partial charge in [0.25, 0.3) is 5.91 Å². The van der Waals surface area contributed by atoms with Crippen molar-refractivity contribution in [1.29, 1.82) is 0 Å². The molecule has 2 heterocycles. The van der Waals surface area contributed by atoms with Crippen molar-refractivity contribution < 1.29 is 35.9 Å². The van der Waals surface area contributed by atoms with Crippen LogP contribution in [-0.4, -0.2) is 60.9 Å². The van der Waals surface area contributed by atoms with Gasteiger partial charge in [0.1, 0.15) is 11.4 Å². The number of hydrogen-bond donors (Lipinski definition) is 1. The first-order chi connectivity index (χ1) is 15.5. The Labute approximate surface area is 188 Å². The number of rotatable bonds is 7. The van der Waals surface area contributed by atoms with E-state index in [1.807, 2.05) is 0 Å². The lowest BCUT2D eigenvalue weighted by atomic mass is 10.2. The Hall–Kier alpha value is -3.15. The number of nitrogens with zero attached hydrogens (tertiary/aromatic N) is 2. The monoisotopic (exact) mass is 485 g/mol. The van der Waals surface area contributed by atoms with Crippen molar-refractivity contribution in [3.8, 4) is 0 Å². The summed E-state index contributed by atoms with van der Waals surface area (Å²) >= 11 is 0. The number of esters is 1. The van der Waals surface area contributed by atoms with Gasteiger partial charge < -0.3 is 15.0 Å². The van der Waals surface area contributed by atoms with Crippen molar-refractivity contribution in [3.63, 3.8) is 0 Å². The number of ether oxygens (including phenoxy) is 1. The van der Waals surface area contributed by atoms with Crippen LogP contribution in [0.15, 0.2) is 42.6 Å². The van der Waals surface area contributed by atoms with Crippen LogP contribution in [-0.2, 0) is 25.5 Å². The van der Waals surface area contributed by atoms with Crippen molar-refractivity contribution in [2.45, 2.75) is 25.6 Å². The van der Waals surface area contributed by atoms with E-state index in [0.29, 0.717) is 6.42 Å². The molecule has 1 aliphatic heterocycles. The van der Waals surface area contributed by atoms with Gasteiger partial charge in [-0.05, 0) is 43.7 Å². The first kappa shape index (κ1) is 24.5. The Morgan fingerprint density at radius 1 is 1.24 bits per heavy atom. The van der Waals surface area contributed by atoms with E-state index in [4.69, 9.17) is 4.74 Å². The van der Waals surface area contributed by atoms with Crippen molar-refractivity contribution in [2.75, 3.05) is 30.0 Å². The molecule has 0 radical (unpaired) electrons. The van der Waals surface area contributed by atoms with Gasteiger partial charge in [0.15, 0.2) is 16.4 Å². The summed E-state index contributed by atoms with van der Waals surface area (Å²) in [7, 11) is -3.19. The number of amides is 1. The van der Waals surface area contributed by atoms with E-state index in [-0.39, 0.29) is 35.1 Å². The molecule has 8 nitrogen and oxygen atoms in total. The smallest absolute Gasteiger partial charge is 0.416 e. The number of halogens is 3. The van der Waals surface area contributed by atoms with E-state index in [9.17, 15) is 31.2 Å². The number of aromatic nitrogens is 1. The lowest BCUT2D eigenvalue weighted by Gasteiger charge is -2.26. The van der Waals surface area contributed by atoms with Gasteiger partial charge in [-0.25, -0.2) is 18.2 Å². The molecule has 1 aromatic heterocycles. The summed E-state index contributed by atoms with van der Waals surface area (Å²) in [4.78, 5) is 30.5. The summed E-state index contributed by atoms with van der Waals surface area (Å²) in [6.07, 6.45) is -2.87. The van der Waals surface area contributed by atoms with Crippen LogP contribution < -0.4 is 5.32 Å². The molecule has 0 bridgehead atoms. The summed E-state index contributed by atoms with van der Waals surface area (Å²) in [5, 5.41) is 2.67. The highest BCUT2D eigenvalue weighted by atomic mass is 32.2. The summed E-state index contributed by atoms with van der Waals surface area (Å²) in [6.45, 7) is 1.34. The van der Waals surface area contributed by atoms with Crippen LogP contribution in [0.4, 0.5) is 24.7 Å². The summed E-state index contributed by atoms with van der Waals surface area (Å²) in [5.41, 5.74) is -0.880. The Kier molecular flexibility index (Phi) is 7.25. The number of pyridine rings is 1. The van der Waals surface area contributed by atoms with E-state index in [1.54, 1.807) is 6.92 Å². The Bertz CT molecular complexity index is 1140. The Balaban J connectivity index is 1.68. The average Bonchev–Trinajstić information content (AvgIpc) is 3.11. The maximum Gasteiger partial charge on any atom is 0.416 e. The molecule has 1 fully saturated rings. The minimum Gasteiger partial charge on any atom is -0.452 e. The summed E-state index contributed by atoms with van der Waals surface area (Å²) in [6, 6.07) is 6.73.